The third-order valence-electron chi connectivity index (χ3n) is 3.26. The van der Waals surface area contributed by atoms with Crippen LogP contribution in [0.4, 0.5) is 11.4 Å². The van der Waals surface area contributed by atoms with E-state index in [0.29, 0.717) is 24.3 Å². The van der Waals surface area contributed by atoms with Gasteiger partial charge in [0, 0.05) is 18.3 Å². The van der Waals surface area contributed by atoms with Gasteiger partial charge >= 0.3 is 5.97 Å². The van der Waals surface area contributed by atoms with Crippen molar-refractivity contribution in [2.24, 2.45) is 0 Å². The molecule has 0 spiro atoms. The average Bonchev–Trinajstić information content (AvgIpc) is 2.36. The first-order chi connectivity index (χ1) is 9.79. The Balaban J connectivity index is 2.46. The fourth-order valence-corrected chi connectivity index (χ4v) is 4.00. The summed E-state index contributed by atoms with van der Waals surface area (Å²) in [5.74, 6) is -0.963. The fourth-order valence-electron chi connectivity index (χ4n) is 2.37. The topological polar surface area (TPSA) is 86.7 Å². The largest absolute Gasteiger partial charge is 0.478 e. The number of rotatable bonds is 4. The number of nitrogens with one attached hydrogen (secondary N) is 1. The first kappa shape index (κ1) is 15.6. The molecule has 0 atom stereocenters. The lowest BCUT2D eigenvalue weighted by molar-refractivity contribution is 0.0697. The van der Waals surface area contributed by atoms with E-state index in [9.17, 15) is 18.3 Å². The summed E-state index contributed by atoms with van der Waals surface area (Å²) in [6, 6.07) is 4.74. The number of nitrogens with zero attached hydrogens (tertiary/aromatic N) is 1. The maximum Gasteiger partial charge on any atom is 0.335 e. The van der Waals surface area contributed by atoms with E-state index in [1.807, 2.05) is 13.8 Å². The van der Waals surface area contributed by atoms with Crippen LogP contribution in [0.3, 0.4) is 0 Å². The van der Waals surface area contributed by atoms with E-state index in [2.05, 4.69) is 5.32 Å². The molecule has 21 heavy (non-hydrogen) atoms. The normalized spacial score (nSPS) is 17.8. The quantitative estimate of drug-likeness (QED) is 0.889. The van der Waals surface area contributed by atoms with Crippen LogP contribution in [0.25, 0.3) is 0 Å². The molecule has 0 saturated carbocycles. The van der Waals surface area contributed by atoms with Crippen LogP contribution in [-0.4, -0.2) is 37.8 Å². The second kappa shape index (κ2) is 5.93. The van der Waals surface area contributed by atoms with Crippen LogP contribution in [0.5, 0.6) is 0 Å². The molecule has 2 rings (SSSR count). The van der Waals surface area contributed by atoms with Gasteiger partial charge in [-0.25, -0.2) is 13.2 Å². The summed E-state index contributed by atoms with van der Waals surface area (Å²) >= 11 is 0. The van der Waals surface area contributed by atoms with Gasteiger partial charge in [-0.3, -0.25) is 4.31 Å². The van der Waals surface area contributed by atoms with Gasteiger partial charge in [-0.05, 0) is 44.9 Å². The van der Waals surface area contributed by atoms with Crippen molar-refractivity contribution in [3.05, 3.63) is 23.8 Å². The second-order valence-corrected chi connectivity index (χ2v) is 7.48. The Morgan fingerprint density at radius 3 is 2.57 bits per heavy atom. The van der Waals surface area contributed by atoms with Crippen molar-refractivity contribution in [3.8, 4) is 0 Å². The summed E-state index contributed by atoms with van der Waals surface area (Å²) in [6.45, 7) is 4.27. The zero-order chi connectivity index (χ0) is 15.6. The molecule has 1 saturated heterocycles. The van der Waals surface area contributed by atoms with Gasteiger partial charge in [0.05, 0.1) is 17.0 Å². The van der Waals surface area contributed by atoms with E-state index in [1.54, 1.807) is 6.07 Å². The second-order valence-electron chi connectivity index (χ2n) is 5.47. The molecule has 1 aromatic carbocycles. The highest BCUT2D eigenvalue weighted by molar-refractivity contribution is 7.92. The summed E-state index contributed by atoms with van der Waals surface area (Å²) in [7, 11) is -3.35. The van der Waals surface area contributed by atoms with Crippen molar-refractivity contribution < 1.29 is 18.3 Å². The van der Waals surface area contributed by atoms with Crippen molar-refractivity contribution >= 4 is 27.4 Å². The molecule has 0 aliphatic carbocycles. The molecule has 116 valence electrons. The zero-order valence-corrected chi connectivity index (χ0v) is 13.0. The van der Waals surface area contributed by atoms with Crippen molar-refractivity contribution in [1.29, 1.82) is 0 Å². The minimum atomic E-state index is -3.35. The Bertz CT molecular complexity index is 640. The van der Waals surface area contributed by atoms with E-state index >= 15 is 0 Å². The van der Waals surface area contributed by atoms with Gasteiger partial charge in [-0.1, -0.05) is 0 Å². The highest BCUT2D eigenvalue weighted by Gasteiger charge is 2.27. The number of carbonyl (C=O) groups is 1. The first-order valence-electron chi connectivity index (χ1n) is 6.95. The first-order valence-corrected chi connectivity index (χ1v) is 8.56. The number of benzene rings is 1. The average molecular weight is 312 g/mol. The Morgan fingerprint density at radius 1 is 1.29 bits per heavy atom. The predicted molar refractivity (Wildman–Crippen MR) is 82.5 cm³/mol. The van der Waals surface area contributed by atoms with Crippen molar-refractivity contribution in [2.75, 3.05) is 21.9 Å². The molecular formula is C14H20N2O4S. The van der Waals surface area contributed by atoms with E-state index in [0.717, 1.165) is 6.42 Å². The van der Waals surface area contributed by atoms with Gasteiger partial charge < -0.3 is 10.4 Å². The Labute approximate surface area is 124 Å². The number of sulfonamides is 1. The number of aromatic carboxylic acids is 1. The molecule has 2 N–H and O–H groups in total. The maximum atomic E-state index is 12.2. The van der Waals surface area contributed by atoms with Crippen LogP contribution in [0, 0.1) is 0 Å². The van der Waals surface area contributed by atoms with Crippen molar-refractivity contribution in [2.45, 2.75) is 32.7 Å². The number of carboxylic acid groups (broad SMARTS) is 1. The van der Waals surface area contributed by atoms with E-state index in [-0.39, 0.29) is 17.4 Å². The van der Waals surface area contributed by atoms with Crippen LogP contribution in [0.2, 0.25) is 0 Å². The van der Waals surface area contributed by atoms with Crippen LogP contribution in [-0.2, 0) is 10.0 Å². The monoisotopic (exact) mass is 312 g/mol. The smallest absolute Gasteiger partial charge is 0.335 e. The molecule has 7 heteroatoms. The van der Waals surface area contributed by atoms with Crippen LogP contribution < -0.4 is 9.62 Å². The maximum absolute atomic E-state index is 12.2. The molecular weight excluding hydrogens is 292 g/mol. The number of hydrogen-bond donors (Lipinski definition) is 2. The minimum Gasteiger partial charge on any atom is -0.478 e. The number of hydrogen-bond acceptors (Lipinski definition) is 4. The fraction of sp³-hybridized carbons (Fsp3) is 0.500. The SMILES string of the molecule is CC(C)Nc1cc(C(=O)O)cc(N2CCCCS2(=O)=O)c1. The highest BCUT2D eigenvalue weighted by atomic mass is 32.2. The summed E-state index contributed by atoms with van der Waals surface area (Å²) in [4.78, 5) is 11.2. The van der Waals surface area contributed by atoms with Crippen LogP contribution >= 0.6 is 0 Å². The molecule has 1 aliphatic heterocycles. The Kier molecular flexibility index (Phi) is 4.41. The summed E-state index contributed by atoms with van der Waals surface area (Å²) < 4.78 is 25.6. The predicted octanol–water partition coefficient (Wildman–Crippen LogP) is 2.14. The van der Waals surface area contributed by atoms with Crippen molar-refractivity contribution in [1.82, 2.24) is 0 Å². The third-order valence-corrected chi connectivity index (χ3v) is 5.13. The minimum absolute atomic E-state index is 0.0800. The molecule has 0 aromatic heterocycles. The van der Waals surface area contributed by atoms with Crippen LogP contribution in [0.15, 0.2) is 18.2 Å². The van der Waals surface area contributed by atoms with Crippen molar-refractivity contribution in [3.63, 3.8) is 0 Å². The number of anilines is 2. The molecule has 6 nitrogen and oxygen atoms in total. The molecule has 0 unspecified atom stereocenters. The van der Waals surface area contributed by atoms with E-state index in [1.165, 1.54) is 16.4 Å². The van der Waals surface area contributed by atoms with Gasteiger partial charge in [0.1, 0.15) is 0 Å². The summed E-state index contributed by atoms with van der Waals surface area (Å²) in [6.07, 6.45) is 1.43. The Morgan fingerprint density at radius 2 is 2.00 bits per heavy atom. The van der Waals surface area contributed by atoms with Crippen LogP contribution in [0.1, 0.15) is 37.0 Å². The van der Waals surface area contributed by atoms with Gasteiger partial charge in [0.25, 0.3) is 0 Å². The molecule has 1 aliphatic rings. The zero-order valence-electron chi connectivity index (χ0n) is 12.2. The lowest BCUT2D eigenvalue weighted by Gasteiger charge is -2.29. The van der Waals surface area contributed by atoms with Gasteiger partial charge in [0.2, 0.25) is 10.0 Å². The van der Waals surface area contributed by atoms with E-state index in [4.69, 9.17) is 0 Å². The lowest BCUT2D eigenvalue weighted by Crippen LogP contribution is -2.38. The standard InChI is InChI=1S/C14H20N2O4S/c1-10(2)15-12-7-11(14(17)18)8-13(9-12)16-5-3-4-6-21(16,19)20/h7-10,15H,3-6H2,1-2H3,(H,17,18). The van der Waals surface area contributed by atoms with Gasteiger partial charge in [-0.15, -0.1) is 0 Å². The molecule has 0 amide bonds. The van der Waals surface area contributed by atoms with Gasteiger partial charge in [-0.2, -0.15) is 0 Å². The highest BCUT2D eigenvalue weighted by Crippen LogP contribution is 2.28. The Hall–Kier alpha value is -1.76. The van der Waals surface area contributed by atoms with E-state index < -0.39 is 16.0 Å². The molecule has 0 radical (unpaired) electrons. The summed E-state index contributed by atoms with van der Waals surface area (Å²) in [5.41, 5.74) is 1.11. The number of carboxylic acids is 1. The molecule has 0 bridgehead atoms. The summed E-state index contributed by atoms with van der Waals surface area (Å²) in [5, 5.41) is 12.3. The lowest BCUT2D eigenvalue weighted by atomic mass is 10.1. The van der Waals surface area contributed by atoms with Gasteiger partial charge in [0.15, 0.2) is 0 Å². The molecule has 1 heterocycles. The third kappa shape index (κ3) is 3.66. The molecule has 1 aromatic rings. The molecule has 1 fully saturated rings.